The van der Waals surface area contributed by atoms with Crippen molar-refractivity contribution in [2.24, 2.45) is 0 Å². The van der Waals surface area contributed by atoms with Crippen molar-refractivity contribution >= 4 is 23.4 Å². The van der Waals surface area contributed by atoms with Crippen LogP contribution in [0.5, 0.6) is 11.5 Å². The standard InChI is InChI=1S/C18H18FN5O3S/c1-11(17(25)20-13-6-4-5-12(19)9-13)28-18-21-22-23-24(18)15-10-14(26-2)7-8-16(15)27-3/h4-11H,1-3H3,(H,20,25). The number of thioether (sulfide) groups is 1. The number of carbonyl (C=O) groups is 1. The molecule has 1 N–H and O–H groups in total. The van der Waals surface area contributed by atoms with Crippen LogP contribution in [0, 0.1) is 5.82 Å². The molecule has 0 fully saturated rings. The first kappa shape index (κ1) is 19.6. The minimum absolute atomic E-state index is 0.303. The first-order chi connectivity index (χ1) is 13.5. The van der Waals surface area contributed by atoms with E-state index in [1.54, 1.807) is 38.3 Å². The van der Waals surface area contributed by atoms with Crippen LogP contribution in [0.4, 0.5) is 10.1 Å². The molecule has 0 saturated carbocycles. The molecule has 0 aliphatic carbocycles. The van der Waals surface area contributed by atoms with Gasteiger partial charge in [0, 0.05) is 11.8 Å². The minimum Gasteiger partial charge on any atom is -0.497 e. The number of rotatable bonds is 7. The Balaban J connectivity index is 1.79. The van der Waals surface area contributed by atoms with E-state index >= 15 is 0 Å². The zero-order valence-corrected chi connectivity index (χ0v) is 16.2. The van der Waals surface area contributed by atoms with Gasteiger partial charge in [-0.25, -0.2) is 4.39 Å². The molecule has 3 rings (SSSR count). The first-order valence-electron chi connectivity index (χ1n) is 8.25. The number of amides is 1. The van der Waals surface area contributed by atoms with Crippen LogP contribution in [-0.4, -0.2) is 45.6 Å². The minimum atomic E-state index is -0.537. The van der Waals surface area contributed by atoms with Gasteiger partial charge in [-0.05, 0) is 47.7 Å². The molecule has 8 nitrogen and oxygen atoms in total. The fraction of sp³-hybridized carbons (Fsp3) is 0.222. The summed E-state index contributed by atoms with van der Waals surface area (Å²) in [5, 5.41) is 14.2. The molecule has 0 aliphatic rings. The van der Waals surface area contributed by atoms with Crippen molar-refractivity contribution in [3.63, 3.8) is 0 Å². The lowest BCUT2D eigenvalue weighted by molar-refractivity contribution is -0.115. The van der Waals surface area contributed by atoms with Crippen molar-refractivity contribution in [2.75, 3.05) is 19.5 Å². The maximum atomic E-state index is 13.3. The fourth-order valence-electron chi connectivity index (χ4n) is 2.39. The van der Waals surface area contributed by atoms with Gasteiger partial charge in [-0.1, -0.05) is 17.8 Å². The van der Waals surface area contributed by atoms with E-state index in [1.807, 2.05) is 0 Å². The number of hydrogen-bond acceptors (Lipinski definition) is 7. The number of anilines is 1. The number of ether oxygens (including phenoxy) is 2. The number of carbonyl (C=O) groups excluding carboxylic acids is 1. The third-order valence-electron chi connectivity index (χ3n) is 3.80. The van der Waals surface area contributed by atoms with Crippen molar-refractivity contribution in [3.05, 3.63) is 48.3 Å². The molecule has 0 spiro atoms. The van der Waals surface area contributed by atoms with Gasteiger partial charge in [0.05, 0.1) is 19.5 Å². The van der Waals surface area contributed by atoms with E-state index in [0.717, 1.165) is 11.8 Å². The van der Waals surface area contributed by atoms with E-state index in [9.17, 15) is 9.18 Å². The smallest absolute Gasteiger partial charge is 0.237 e. The Morgan fingerprint density at radius 3 is 2.75 bits per heavy atom. The van der Waals surface area contributed by atoms with E-state index in [2.05, 4.69) is 20.8 Å². The zero-order chi connectivity index (χ0) is 20.1. The molecule has 1 heterocycles. The second-order valence-electron chi connectivity index (χ2n) is 5.67. The lowest BCUT2D eigenvalue weighted by Crippen LogP contribution is -2.23. The summed E-state index contributed by atoms with van der Waals surface area (Å²) in [4.78, 5) is 12.4. The van der Waals surface area contributed by atoms with E-state index in [0.29, 0.717) is 28.0 Å². The average Bonchev–Trinajstić information content (AvgIpc) is 3.15. The molecule has 28 heavy (non-hydrogen) atoms. The second kappa shape index (κ2) is 8.70. The van der Waals surface area contributed by atoms with Crippen LogP contribution in [0.2, 0.25) is 0 Å². The highest BCUT2D eigenvalue weighted by Crippen LogP contribution is 2.31. The number of nitrogens with zero attached hydrogens (tertiary/aromatic N) is 4. The Bertz CT molecular complexity index is 981. The predicted molar refractivity (Wildman–Crippen MR) is 103 cm³/mol. The number of methoxy groups -OCH3 is 2. The quantitative estimate of drug-likeness (QED) is 0.607. The van der Waals surface area contributed by atoms with Crippen LogP contribution in [-0.2, 0) is 4.79 Å². The monoisotopic (exact) mass is 403 g/mol. The van der Waals surface area contributed by atoms with E-state index in [1.165, 1.54) is 30.0 Å². The summed E-state index contributed by atoms with van der Waals surface area (Å²) in [5.41, 5.74) is 0.957. The van der Waals surface area contributed by atoms with Crippen LogP contribution in [0.25, 0.3) is 5.69 Å². The highest BCUT2D eigenvalue weighted by atomic mass is 32.2. The number of aromatic nitrogens is 4. The molecular weight excluding hydrogens is 385 g/mol. The van der Waals surface area contributed by atoms with Crippen molar-refractivity contribution in [2.45, 2.75) is 17.3 Å². The van der Waals surface area contributed by atoms with Gasteiger partial charge < -0.3 is 14.8 Å². The molecule has 1 aromatic heterocycles. The molecular formula is C18H18FN5O3S. The van der Waals surface area contributed by atoms with Gasteiger partial charge in [-0.3, -0.25) is 4.79 Å². The Morgan fingerprint density at radius 1 is 1.21 bits per heavy atom. The summed E-state index contributed by atoms with van der Waals surface area (Å²) in [6, 6.07) is 10.9. The van der Waals surface area contributed by atoms with Crippen LogP contribution in [0.1, 0.15) is 6.92 Å². The highest BCUT2D eigenvalue weighted by molar-refractivity contribution is 8.00. The summed E-state index contributed by atoms with van der Waals surface area (Å²) in [6.07, 6.45) is 0. The topological polar surface area (TPSA) is 91.2 Å². The van der Waals surface area contributed by atoms with Crippen molar-refractivity contribution in [3.8, 4) is 17.2 Å². The van der Waals surface area contributed by atoms with Gasteiger partial charge in [0.25, 0.3) is 0 Å². The number of benzene rings is 2. The summed E-state index contributed by atoms with van der Waals surface area (Å²) >= 11 is 1.16. The van der Waals surface area contributed by atoms with Gasteiger partial charge in [0.2, 0.25) is 11.1 Å². The highest BCUT2D eigenvalue weighted by Gasteiger charge is 2.21. The fourth-order valence-corrected chi connectivity index (χ4v) is 3.19. The number of tetrazole rings is 1. The normalized spacial score (nSPS) is 11.7. The largest absolute Gasteiger partial charge is 0.497 e. The first-order valence-corrected chi connectivity index (χ1v) is 9.13. The maximum Gasteiger partial charge on any atom is 0.237 e. The molecule has 0 saturated heterocycles. The zero-order valence-electron chi connectivity index (χ0n) is 15.4. The molecule has 0 bridgehead atoms. The molecule has 1 atom stereocenters. The predicted octanol–water partition coefficient (Wildman–Crippen LogP) is 2.94. The Kier molecular flexibility index (Phi) is 6.09. The summed E-state index contributed by atoms with van der Waals surface area (Å²) in [7, 11) is 3.09. The Morgan fingerprint density at radius 2 is 2.04 bits per heavy atom. The molecule has 10 heteroatoms. The van der Waals surface area contributed by atoms with Crippen LogP contribution in [0.3, 0.4) is 0 Å². The lowest BCUT2D eigenvalue weighted by Gasteiger charge is -2.13. The molecule has 0 radical (unpaired) electrons. The molecule has 0 aliphatic heterocycles. The number of halogens is 1. The van der Waals surface area contributed by atoms with Crippen molar-refractivity contribution < 1.29 is 18.7 Å². The molecule has 1 amide bonds. The molecule has 2 aromatic carbocycles. The number of nitrogens with one attached hydrogen (secondary N) is 1. The van der Waals surface area contributed by atoms with Crippen LogP contribution in [0.15, 0.2) is 47.6 Å². The second-order valence-corrected chi connectivity index (χ2v) is 6.98. The van der Waals surface area contributed by atoms with Gasteiger partial charge in [-0.15, -0.1) is 5.10 Å². The van der Waals surface area contributed by atoms with Gasteiger partial charge in [-0.2, -0.15) is 4.68 Å². The van der Waals surface area contributed by atoms with Gasteiger partial charge in [0.15, 0.2) is 0 Å². The molecule has 3 aromatic rings. The molecule has 1 unspecified atom stereocenters. The Hall–Kier alpha value is -3.14. The summed E-state index contributed by atoms with van der Waals surface area (Å²) in [6.45, 7) is 1.71. The summed E-state index contributed by atoms with van der Waals surface area (Å²) < 4.78 is 25.4. The van der Waals surface area contributed by atoms with Crippen LogP contribution < -0.4 is 14.8 Å². The van der Waals surface area contributed by atoms with E-state index in [4.69, 9.17) is 9.47 Å². The van der Waals surface area contributed by atoms with Crippen molar-refractivity contribution in [1.29, 1.82) is 0 Å². The lowest BCUT2D eigenvalue weighted by atomic mass is 10.3. The Labute approximate surface area is 165 Å². The van der Waals surface area contributed by atoms with Gasteiger partial charge >= 0.3 is 0 Å². The van der Waals surface area contributed by atoms with Crippen LogP contribution >= 0.6 is 11.8 Å². The van der Waals surface area contributed by atoms with Gasteiger partial charge in [0.1, 0.15) is 23.0 Å². The third kappa shape index (κ3) is 4.39. The van der Waals surface area contributed by atoms with E-state index in [-0.39, 0.29) is 5.91 Å². The van der Waals surface area contributed by atoms with E-state index < -0.39 is 11.1 Å². The third-order valence-corrected chi connectivity index (χ3v) is 4.83. The molecule has 146 valence electrons. The summed E-state index contributed by atoms with van der Waals surface area (Å²) in [5.74, 6) is 0.431. The number of hydrogen-bond donors (Lipinski definition) is 1. The maximum absolute atomic E-state index is 13.3. The SMILES string of the molecule is COc1ccc(OC)c(-n2nnnc2SC(C)C(=O)Nc2cccc(F)c2)c1. The average molecular weight is 403 g/mol. The van der Waals surface area contributed by atoms with Crippen molar-refractivity contribution in [1.82, 2.24) is 20.2 Å².